The molecule has 8 atom stereocenters. The van der Waals surface area contributed by atoms with E-state index in [1.165, 1.54) is 0 Å². The van der Waals surface area contributed by atoms with Gasteiger partial charge in [0.1, 0.15) is 11.5 Å². The molecule has 0 amide bonds. The number of aryl methyl sites for hydroxylation is 2. The van der Waals surface area contributed by atoms with E-state index < -0.39 is 76.6 Å². The van der Waals surface area contributed by atoms with Crippen LogP contribution in [0.4, 0.5) is 0 Å². The van der Waals surface area contributed by atoms with Crippen molar-refractivity contribution < 1.29 is 38.9 Å². The van der Waals surface area contributed by atoms with Crippen LogP contribution in [0.1, 0.15) is 25.0 Å². The highest BCUT2D eigenvalue weighted by Gasteiger charge is 2.78. The van der Waals surface area contributed by atoms with Gasteiger partial charge in [-0.05, 0) is 53.1 Å². The van der Waals surface area contributed by atoms with Gasteiger partial charge < -0.3 is 19.7 Å². The van der Waals surface area contributed by atoms with Gasteiger partial charge >= 0.3 is 23.9 Å². The summed E-state index contributed by atoms with van der Waals surface area (Å²) in [4.78, 5) is 54.7. The zero-order valence-corrected chi connectivity index (χ0v) is 23.7. The molecule has 2 heterocycles. The van der Waals surface area contributed by atoms with E-state index >= 15 is 0 Å². The summed E-state index contributed by atoms with van der Waals surface area (Å²) in [5.41, 5.74) is 0.815. The fraction of sp³-hybridized carbons (Fsp3) is 0.371. The van der Waals surface area contributed by atoms with Crippen molar-refractivity contribution in [3.63, 3.8) is 0 Å². The van der Waals surface area contributed by atoms with Crippen molar-refractivity contribution in [3.05, 3.63) is 71.8 Å². The quantitative estimate of drug-likeness (QED) is 0.187. The van der Waals surface area contributed by atoms with Crippen LogP contribution in [0.3, 0.4) is 0 Å². The number of carbonyl (C=O) groups is 4. The molecule has 8 nitrogen and oxygen atoms in total. The third kappa shape index (κ3) is 3.01. The Balaban J connectivity index is 1.49. The van der Waals surface area contributed by atoms with Gasteiger partial charge in [0.2, 0.25) is 0 Å². The molecule has 6 aliphatic rings. The van der Waals surface area contributed by atoms with Crippen molar-refractivity contribution >= 4 is 45.4 Å². The molecule has 0 saturated heterocycles. The van der Waals surface area contributed by atoms with Crippen molar-refractivity contribution in [1.82, 2.24) is 0 Å². The summed E-state index contributed by atoms with van der Waals surface area (Å²) < 4.78 is 12.8. The fourth-order valence-electron chi connectivity index (χ4n) is 9.82. The van der Waals surface area contributed by atoms with Gasteiger partial charge in [0.05, 0.1) is 23.7 Å². The molecule has 2 N–H and O–H groups in total. The molecule has 9 bridgehead atoms. The SMILES string of the molecule is CCc1cccc2c3c4c(CC)cccc4c(c12)OC(=O)C1C(C(=O)O)C2C=CC1C21C2C=CC1C(C(=O)O3)C2C(=O)O. The maximum atomic E-state index is 14.4. The molecule has 9 rings (SSSR count). The number of hydrogen-bond donors (Lipinski definition) is 2. The van der Waals surface area contributed by atoms with Crippen LogP contribution in [-0.4, -0.2) is 34.1 Å². The number of carbonyl (C=O) groups excluding carboxylic acids is 2. The van der Waals surface area contributed by atoms with Gasteiger partial charge in [-0.15, -0.1) is 0 Å². The highest BCUT2D eigenvalue weighted by Crippen LogP contribution is 2.76. The number of hydrogen-bond acceptors (Lipinski definition) is 6. The van der Waals surface area contributed by atoms with Gasteiger partial charge in [-0.25, -0.2) is 0 Å². The number of ether oxygens (including phenoxy) is 2. The molecule has 218 valence electrons. The van der Waals surface area contributed by atoms with Crippen LogP contribution in [0.5, 0.6) is 11.5 Å². The third-order valence-electron chi connectivity index (χ3n) is 11.2. The van der Waals surface area contributed by atoms with Gasteiger partial charge in [0, 0.05) is 21.5 Å². The van der Waals surface area contributed by atoms with Crippen LogP contribution in [-0.2, 0) is 32.0 Å². The minimum atomic E-state index is -1.13. The first kappa shape index (κ1) is 26.2. The van der Waals surface area contributed by atoms with Crippen LogP contribution in [0.2, 0.25) is 0 Å². The standard InChI is InChI=1S/C35H30O8/c1-3-15-7-5-9-17-23(15)29-18-10-6-8-16(4-2)24(18)30(17)43-34(41)28-22-14-12-20(26(28)32(38)39)35(22)19-11-13-21(35)27(33(40)42-29)25(19)31(36)37/h5-14,19-22,25-28H,3-4H2,1-2H3,(H,36,37)(H,38,39). The normalized spacial score (nSPS) is 34.7. The Labute approximate surface area is 247 Å². The largest absolute Gasteiger partial charge is 0.481 e. The molecule has 4 aliphatic carbocycles. The van der Waals surface area contributed by atoms with E-state index in [9.17, 15) is 29.4 Å². The molecule has 0 aromatic heterocycles. The number of carboxylic acid groups (broad SMARTS) is 2. The monoisotopic (exact) mass is 578 g/mol. The lowest BCUT2D eigenvalue weighted by Crippen LogP contribution is -2.38. The zero-order chi connectivity index (χ0) is 29.9. The van der Waals surface area contributed by atoms with E-state index in [4.69, 9.17) is 9.47 Å². The summed E-state index contributed by atoms with van der Waals surface area (Å²) in [6.07, 6.45) is 8.57. The smallest absolute Gasteiger partial charge is 0.315 e. The highest BCUT2D eigenvalue weighted by atomic mass is 16.5. The Morgan fingerprint density at radius 3 is 1.44 bits per heavy atom. The second-order valence-electron chi connectivity index (χ2n) is 12.5. The second kappa shape index (κ2) is 8.78. The summed E-state index contributed by atoms with van der Waals surface area (Å²) in [5.74, 6) is -9.69. The lowest BCUT2D eigenvalue weighted by molar-refractivity contribution is -0.152. The Kier molecular flexibility index (Phi) is 5.35. The molecule has 1 spiro atoms. The highest BCUT2D eigenvalue weighted by molar-refractivity contribution is 6.15. The van der Waals surface area contributed by atoms with Gasteiger partial charge in [0.25, 0.3) is 0 Å². The van der Waals surface area contributed by atoms with Crippen LogP contribution >= 0.6 is 0 Å². The van der Waals surface area contributed by atoms with Crippen LogP contribution < -0.4 is 9.47 Å². The molecule has 8 heteroatoms. The number of fused-ring (bicyclic) bond motifs is 2. The van der Waals surface area contributed by atoms with Crippen LogP contribution in [0.25, 0.3) is 21.5 Å². The molecule has 2 aliphatic heterocycles. The lowest BCUT2D eigenvalue weighted by Gasteiger charge is -2.37. The molecule has 43 heavy (non-hydrogen) atoms. The number of esters is 2. The molecule has 8 unspecified atom stereocenters. The van der Waals surface area contributed by atoms with Gasteiger partial charge in [-0.3, -0.25) is 19.2 Å². The second-order valence-corrected chi connectivity index (χ2v) is 12.5. The van der Waals surface area contributed by atoms with Crippen molar-refractivity contribution in [2.75, 3.05) is 0 Å². The zero-order valence-electron chi connectivity index (χ0n) is 23.7. The summed E-state index contributed by atoms with van der Waals surface area (Å²) in [7, 11) is 0. The van der Waals surface area contributed by atoms with Gasteiger partial charge in [0.15, 0.2) is 0 Å². The lowest BCUT2D eigenvalue weighted by atomic mass is 9.65. The summed E-state index contributed by atoms with van der Waals surface area (Å²) >= 11 is 0. The number of rotatable bonds is 4. The predicted molar refractivity (Wildman–Crippen MR) is 155 cm³/mol. The summed E-state index contributed by atoms with van der Waals surface area (Å²) in [6, 6.07) is 11.2. The molecular weight excluding hydrogens is 548 g/mol. The van der Waals surface area contributed by atoms with E-state index in [0.29, 0.717) is 45.9 Å². The fourth-order valence-corrected chi connectivity index (χ4v) is 9.82. The molecule has 3 aromatic carbocycles. The average Bonchev–Trinajstić information content (AvgIpc) is 3.73. The van der Waals surface area contributed by atoms with E-state index in [1.807, 2.05) is 74.5 Å². The van der Waals surface area contributed by atoms with Crippen molar-refractivity contribution in [2.24, 2.45) is 52.8 Å². The molecule has 2 fully saturated rings. The van der Waals surface area contributed by atoms with Gasteiger partial charge in [-0.1, -0.05) is 74.5 Å². The van der Waals surface area contributed by atoms with Crippen LogP contribution in [0, 0.1) is 52.8 Å². The molecule has 0 radical (unpaired) electrons. The van der Waals surface area contributed by atoms with Gasteiger partial charge in [-0.2, -0.15) is 0 Å². The topological polar surface area (TPSA) is 127 Å². The minimum Gasteiger partial charge on any atom is -0.481 e. The maximum absolute atomic E-state index is 14.4. The van der Waals surface area contributed by atoms with Crippen molar-refractivity contribution in [1.29, 1.82) is 0 Å². The molecule has 2 saturated carbocycles. The minimum absolute atomic E-state index is 0.335. The van der Waals surface area contributed by atoms with Crippen molar-refractivity contribution in [3.8, 4) is 11.5 Å². The Hall–Kier alpha value is -4.46. The first-order chi connectivity index (χ1) is 20.7. The van der Waals surface area contributed by atoms with E-state index in [0.717, 1.165) is 11.1 Å². The first-order valence-corrected chi connectivity index (χ1v) is 15.0. The maximum Gasteiger partial charge on any atom is 0.315 e. The molecular formula is C35H30O8. The van der Waals surface area contributed by atoms with Crippen molar-refractivity contribution in [2.45, 2.75) is 26.7 Å². The molecule has 3 aromatic rings. The summed E-state index contributed by atoms with van der Waals surface area (Å²) in [6.45, 7) is 3.97. The Morgan fingerprint density at radius 2 is 1.07 bits per heavy atom. The number of aliphatic carboxylic acids is 2. The number of allylic oxidation sites excluding steroid dienone is 4. The Morgan fingerprint density at radius 1 is 0.674 bits per heavy atom. The van der Waals surface area contributed by atoms with E-state index in [1.54, 1.807) is 0 Å². The first-order valence-electron chi connectivity index (χ1n) is 15.0. The Bertz CT molecular complexity index is 1730. The van der Waals surface area contributed by atoms with E-state index in [2.05, 4.69) is 0 Å². The summed E-state index contributed by atoms with van der Waals surface area (Å²) in [5, 5.41) is 23.5. The third-order valence-corrected chi connectivity index (χ3v) is 11.2. The average molecular weight is 579 g/mol. The van der Waals surface area contributed by atoms with E-state index in [-0.39, 0.29) is 0 Å². The number of carboxylic acids is 2. The number of benzene rings is 3. The predicted octanol–water partition coefficient (Wildman–Crippen LogP) is 5.19. The van der Waals surface area contributed by atoms with Crippen LogP contribution in [0.15, 0.2) is 60.7 Å².